The van der Waals surface area contributed by atoms with Gasteiger partial charge in [-0.2, -0.15) is 0 Å². The summed E-state index contributed by atoms with van der Waals surface area (Å²) >= 11 is 0. The Hall–Kier alpha value is -3.56. The number of fused-ring (bicyclic) bond motifs is 1. The molecule has 0 atom stereocenters. The van der Waals surface area contributed by atoms with Crippen molar-refractivity contribution >= 4 is 42.2 Å². The summed E-state index contributed by atoms with van der Waals surface area (Å²) in [7, 11) is -8.04. The molecule has 0 aromatic heterocycles. The second-order valence-electron chi connectivity index (χ2n) is 7.67. The van der Waals surface area contributed by atoms with E-state index in [1.807, 2.05) is 6.07 Å². The van der Waals surface area contributed by atoms with Gasteiger partial charge < -0.3 is 5.11 Å². The van der Waals surface area contributed by atoms with Crippen LogP contribution >= 0.6 is 0 Å². The zero-order valence-corrected chi connectivity index (χ0v) is 19.5. The van der Waals surface area contributed by atoms with Crippen LogP contribution in [0.3, 0.4) is 0 Å². The van der Waals surface area contributed by atoms with Gasteiger partial charge in [-0.25, -0.2) is 16.8 Å². The van der Waals surface area contributed by atoms with Crippen molar-refractivity contribution in [2.24, 2.45) is 0 Å². The largest absolute Gasteiger partial charge is 0.506 e. The number of hydrogen-bond acceptors (Lipinski definition) is 5. The Balaban J connectivity index is 1.75. The number of sulfonamides is 2. The maximum atomic E-state index is 13.0. The van der Waals surface area contributed by atoms with E-state index < -0.39 is 25.8 Å². The lowest BCUT2D eigenvalue weighted by molar-refractivity contribution is 0.460. The molecule has 0 radical (unpaired) electrons. The van der Waals surface area contributed by atoms with Gasteiger partial charge in [0.15, 0.2) is 0 Å². The number of aromatic hydroxyl groups is 1. The second-order valence-corrected chi connectivity index (χ2v) is 11.0. The van der Waals surface area contributed by atoms with E-state index in [0.29, 0.717) is 22.1 Å². The van der Waals surface area contributed by atoms with E-state index in [1.54, 1.807) is 56.3 Å². The summed E-state index contributed by atoms with van der Waals surface area (Å²) in [6, 6.07) is 20.7. The number of rotatable bonds is 6. The summed E-state index contributed by atoms with van der Waals surface area (Å²) in [5.41, 5.74) is 2.32. The van der Waals surface area contributed by atoms with Gasteiger partial charge in [0, 0.05) is 0 Å². The molecule has 0 unspecified atom stereocenters. The number of anilines is 2. The molecule has 0 fully saturated rings. The van der Waals surface area contributed by atoms with Crippen molar-refractivity contribution in [3.63, 3.8) is 0 Å². The molecule has 0 aliphatic heterocycles. The molecule has 33 heavy (non-hydrogen) atoms. The highest BCUT2D eigenvalue weighted by atomic mass is 32.2. The van der Waals surface area contributed by atoms with E-state index in [4.69, 9.17) is 0 Å². The summed E-state index contributed by atoms with van der Waals surface area (Å²) < 4.78 is 56.9. The number of hydrogen-bond donors (Lipinski definition) is 3. The Labute approximate surface area is 192 Å². The molecule has 4 aromatic carbocycles. The smallest absolute Gasteiger partial charge is 0.265 e. The van der Waals surface area contributed by atoms with Gasteiger partial charge in [0.1, 0.15) is 10.6 Å². The van der Waals surface area contributed by atoms with Crippen molar-refractivity contribution < 1.29 is 21.9 Å². The first-order valence-corrected chi connectivity index (χ1v) is 13.0. The number of benzene rings is 4. The third-order valence-corrected chi connectivity index (χ3v) is 8.03. The van der Waals surface area contributed by atoms with Crippen LogP contribution in [-0.4, -0.2) is 21.9 Å². The lowest BCUT2D eigenvalue weighted by atomic mass is 10.1. The molecule has 0 bridgehead atoms. The Morgan fingerprint density at radius 1 is 0.636 bits per heavy atom. The Morgan fingerprint density at radius 3 is 1.76 bits per heavy atom. The fourth-order valence-electron chi connectivity index (χ4n) is 3.40. The standard InChI is InChI=1S/C24H22N2O5S2/c1-16-7-3-5-9-21(16)25-32(28,29)20-12-11-18-14-23(27)24(15-19(18)13-20)33(30,31)26-22-10-6-4-8-17(22)2/h3-15,25-27H,1-2H3. The molecule has 0 spiro atoms. The summed E-state index contributed by atoms with van der Waals surface area (Å²) in [6.45, 7) is 3.55. The van der Waals surface area contributed by atoms with Crippen LogP contribution < -0.4 is 9.44 Å². The quantitative estimate of drug-likeness (QED) is 0.367. The highest BCUT2D eigenvalue weighted by molar-refractivity contribution is 7.93. The minimum atomic E-state index is -4.13. The van der Waals surface area contributed by atoms with Crippen LogP contribution in [-0.2, 0) is 20.0 Å². The molecular formula is C24H22N2O5S2. The van der Waals surface area contributed by atoms with Gasteiger partial charge in [0.05, 0.1) is 16.3 Å². The molecular weight excluding hydrogens is 460 g/mol. The highest BCUT2D eigenvalue weighted by Crippen LogP contribution is 2.32. The Bertz CT molecular complexity index is 1580. The Kier molecular flexibility index (Phi) is 5.77. The van der Waals surface area contributed by atoms with E-state index >= 15 is 0 Å². The third-order valence-electron chi connectivity index (χ3n) is 5.27. The van der Waals surface area contributed by atoms with Crippen molar-refractivity contribution in [2.45, 2.75) is 23.6 Å². The van der Waals surface area contributed by atoms with E-state index in [2.05, 4.69) is 9.44 Å². The first-order valence-electron chi connectivity index (χ1n) is 10.0. The molecule has 170 valence electrons. The van der Waals surface area contributed by atoms with E-state index in [1.165, 1.54) is 30.3 Å². The molecule has 9 heteroatoms. The van der Waals surface area contributed by atoms with Crippen LogP contribution in [0.2, 0.25) is 0 Å². The molecule has 0 saturated heterocycles. The molecule has 7 nitrogen and oxygen atoms in total. The van der Waals surface area contributed by atoms with Gasteiger partial charge in [0.25, 0.3) is 20.0 Å². The Morgan fingerprint density at radius 2 is 1.18 bits per heavy atom. The fraction of sp³-hybridized carbons (Fsp3) is 0.0833. The average molecular weight is 483 g/mol. The maximum absolute atomic E-state index is 13.0. The minimum absolute atomic E-state index is 0.0286. The van der Waals surface area contributed by atoms with Crippen molar-refractivity contribution in [2.75, 3.05) is 9.44 Å². The van der Waals surface area contributed by atoms with Gasteiger partial charge in [-0.15, -0.1) is 0 Å². The number of phenolic OH excluding ortho intramolecular Hbond substituents is 1. The van der Waals surface area contributed by atoms with Crippen molar-refractivity contribution in [1.82, 2.24) is 0 Å². The van der Waals surface area contributed by atoms with Gasteiger partial charge >= 0.3 is 0 Å². The van der Waals surface area contributed by atoms with Gasteiger partial charge in [0.2, 0.25) is 0 Å². The predicted molar refractivity (Wildman–Crippen MR) is 130 cm³/mol. The number of phenols is 1. The number of nitrogens with one attached hydrogen (secondary N) is 2. The zero-order valence-electron chi connectivity index (χ0n) is 17.9. The SMILES string of the molecule is Cc1ccccc1NS(=O)(=O)c1ccc2cc(O)c(S(=O)(=O)Nc3ccccc3C)cc2c1. The molecule has 0 aliphatic carbocycles. The topological polar surface area (TPSA) is 113 Å². The molecule has 0 saturated carbocycles. The molecule has 0 amide bonds. The molecule has 0 aliphatic rings. The molecule has 0 heterocycles. The monoisotopic (exact) mass is 482 g/mol. The van der Waals surface area contributed by atoms with Crippen LogP contribution in [0.5, 0.6) is 5.75 Å². The van der Waals surface area contributed by atoms with Crippen LogP contribution in [0.25, 0.3) is 10.8 Å². The third kappa shape index (κ3) is 4.64. The number of para-hydroxylation sites is 2. The summed E-state index contributed by atoms with van der Waals surface area (Å²) in [6.07, 6.45) is 0. The molecule has 4 aromatic rings. The van der Waals surface area contributed by atoms with Crippen LogP contribution in [0.4, 0.5) is 11.4 Å². The van der Waals surface area contributed by atoms with Gasteiger partial charge in [-0.05, 0) is 72.1 Å². The molecule has 3 N–H and O–H groups in total. The zero-order chi connectivity index (χ0) is 23.8. The van der Waals surface area contributed by atoms with E-state index in [9.17, 15) is 21.9 Å². The first-order chi connectivity index (χ1) is 15.6. The lowest BCUT2D eigenvalue weighted by Gasteiger charge is -2.13. The highest BCUT2D eigenvalue weighted by Gasteiger charge is 2.22. The summed E-state index contributed by atoms with van der Waals surface area (Å²) in [5, 5.41) is 11.2. The normalized spacial score (nSPS) is 11.9. The van der Waals surface area contributed by atoms with Crippen molar-refractivity contribution in [3.05, 3.63) is 90.0 Å². The number of aryl methyl sites for hydroxylation is 2. The maximum Gasteiger partial charge on any atom is 0.265 e. The summed E-state index contributed by atoms with van der Waals surface area (Å²) in [5.74, 6) is -0.433. The van der Waals surface area contributed by atoms with E-state index in [-0.39, 0.29) is 9.79 Å². The van der Waals surface area contributed by atoms with Crippen LogP contribution in [0.1, 0.15) is 11.1 Å². The second kappa shape index (κ2) is 8.42. The van der Waals surface area contributed by atoms with Gasteiger partial charge in [-0.3, -0.25) is 9.44 Å². The van der Waals surface area contributed by atoms with Crippen LogP contribution in [0.15, 0.2) is 88.7 Å². The van der Waals surface area contributed by atoms with Crippen molar-refractivity contribution in [3.8, 4) is 5.75 Å². The van der Waals surface area contributed by atoms with Gasteiger partial charge in [-0.1, -0.05) is 42.5 Å². The first kappa shape index (κ1) is 22.6. The van der Waals surface area contributed by atoms with Crippen molar-refractivity contribution in [1.29, 1.82) is 0 Å². The minimum Gasteiger partial charge on any atom is -0.506 e. The van der Waals surface area contributed by atoms with Crippen LogP contribution in [0, 0.1) is 13.8 Å². The fourth-order valence-corrected chi connectivity index (χ4v) is 5.81. The lowest BCUT2D eigenvalue weighted by Crippen LogP contribution is -2.14. The molecule has 4 rings (SSSR count). The average Bonchev–Trinajstić information content (AvgIpc) is 2.76. The van der Waals surface area contributed by atoms with E-state index in [0.717, 1.165) is 11.1 Å². The predicted octanol–water partition coefficient (Wildman–Crippen LogP) is 4.76. The summed E-state index contributed by atoms with van der Waals surface area (Å²) in [4.78, 5) is -0.376.